The Morgan fingerprint density at radius 1 is 1.00 bits per heavy atom. The fourth-order valence-electron chi connectivity index (χ4n) is 4.76. The smallest absolute Gasteiger partial charge is 0.328 e. The minimum absolute atomic E-state index is 0.0473. The van der Waals surface area contributed by atoms with Gasteiger partial charge in [-0.3, -0.25) is 4.79 Å². The number of anilines is 1. The third-order valence-corrected chi connectivity index (χ3v) is 6.28. The third kappa shape index (κ3) is 4.48. The number of carbonyl (C=O) groups excluding carboxylic acids is 3. The van der Waals surface area contributed by atoms with E-state index in [1.54, 1.807) is 18.2 Å². The number of urea groups is 1. The first-order valence-electron chi connectivity index (χ1n) is 10.9. The number of aryl methyl sites for hydroxylation is 2. The van der Waals surface area contributed by atoms with Crippen molar-refractivity contribution in [2.24, 2.45) is 0 Å². The topological polar surface area (TPSA) is 84.5 Å². The second kappa shape index (κ2) is 8.92. The molecule has 2 amide bonds. The molecular formula is C25H28N2O4. The van der Waals surface area contributed by atoms with Crippen LogP contribution in [0.15, 0.2) is 30.3 Å². The summed E-state index contributed by atoms with van der Waals surface area (Å²) >= 11 is 0. The van der Waals surface area contributed by atoms with Crippen LogP contribution in [0.5, 0.6) is 0 Å². The van der Waals surface area contributed by atoms with Crippen LogP contribution >= 0.6 is 0 Å². The van der Waals surface area contributed by atoms with Crippen LogP contribution in [0.1, 0.15) is 57.9 Å². The Morgan fingerprint density at radius 2 is 1.68 bits per heavy atom. The molecule has 1 atom stereocenters. The van der Waals surface area contributed by atoms with Crippen molar-refractivity contribution >= 4 is 23.5 Å². The molecule has 6 nitrogen and oxygen atoms in total. The van der Waals surface area contributed by atoms with Gasteiger partial charge in [-0.1, -0.05) is 24.3 Å². The molecule has 162 valence electrons. The molecule has 1 unspecified atom stereocenters. The Kier molecular flexibility index (Phi) is 6.07. The zero-order chi connectivity index (χ0) is 22.0. The molecule has 0 aliphatic heterocycles. The van der Waals surface area contributed by atoms with Gasteiger partial charge in [-0.25, -0.2) is 9.59 Å². The number of esters is 1. The van der Waals surface area contributed by atoms with E-state index in [2.05, 4.69) is 16.7 Å². The number of amides is 2. The van der Waals surface area contributed by atoms with Crippen LogP contribution in [0, 0.1) is 0 Å². The number of rotatable bonds is 6. The highest BCUT2D eigenvalue weighted by Crippen LogP contribution is 2.38. The van der Waals surface area contributed by atoms with E-state index < -0.39 is 18.0 Å². The minimum atomic E-state index is -0.850. The largest absolute Gasteiger partial charge is 0.467 e. The molecule has 0 bridgehead atoms. The second-order valence-electron chi connectivity index (χ2n) is 8.37. The maximum absolute atomic E-state index is 12.9. The number of benzene rings is 2. The van der Waals surface area contributed by atoms with E-state index in [1.165, 1.54) is 36.3 Å². The molecule has 2 N–H and O–H groups in total. The predicted molar refractivity (Wildman–Crippen MR) is 119 cm³/mol. The number of methoxy groups -OCH3 is 1. The first-order chi connectivity index (χ1) is 15.0. The maximum Gasteiger partial charge on any atom is 0.328 e. The standard InChI is InChI=1S/C25H28N2O4/c1-15(28)17-7-3-6-16(12-17)13-22(24(29)31-2)26-25(30)27-23-20-10-4-8-18(20)14-19-9-5-11-21(19)23/h3,6-7,12,14,22H,4-5,8-11,13H2,1-2H3,(H2,26,27,30). The molecule has 4 rings (SSSR count). The van der Waals surface area contributed by atoms with Gasteiger partial charge in [-0.05, 0) is 79.3 Å². The molecule has 0 aromatic heterocycles. The Labute approximate surface area is 182 Å². The second-order valence-corrected chi connectivity index (χ2v) is 8.37. The molecule has 0 saturated heterocycles. The summed E-state index contributed by atoms with van der Waals surface area (Å²) in [5.41, 5.74) is 7.43. The van der Waals surface area contributed by atoms with Gasteiger partial charge >= 0.3 is 12.0 Å². The Bertz CT molecular complexity index is 1010. The van der Waals surface area contributed by atoms with E-state index in [9.17, 15) is 14.4 Å². The Morgan fingerprint density at radius 3 is 2.29 bits per heavy atom. The summed E-state index contributed by atoms with van der Waals surface area (Å²) in [7, 11) is 1.30. The molecule has 0 fully saturated rings. The van der Waals surface area contributed by atoms with Crippen molar-refractivity contribution < 1.29 is 19.1 Å². The lowest BCUT2D eigenvalue weighted by molar-refractivity contribution is -0.142. The van der Waals surface area contributed by atoms with Crippen LogP contribution in [0.2, 0.25) is 0 Å². The molecule has 6 heteroatoms. The molecule has 2 aromatic rings. The van der Waals surface area contributed by atoms with E-state index in [0.29, 0.717) is 5.56 Å². The summed E-state index contributed by atoms with van der Waals surface area (Å²) in [5.74, 6) is -0.569. The van der Waals surface area contributed by atoms with Crippen LogP contribution < -0.4 is 10.6 Å². The van der Waals surface area contributed by atoms with E-state index >= 15 is 0 Å². The van der Waals surface area contributed by atoms with Crippen molar-refractivity contribution in [3.63, 3.8) is 0 Å². The van der Waals surface area contributed by atoms with Crippen molar-refractivity contribution in [3.05, 3.63) is 63.7 Å². The van der Waals surface area contributed by atoms with E-state index in [1.807, 2.05) is 6.07 Å². The number of ether oxygens (including phenoxy) is 1. The Balaban J connectivity index is 1.53. The quantitative estimate of drug-likeness (QED) is 0.550. The SMILES string of the molecule is COC(=O)C(Cc1cccc(C(C)=O)c1)NC(=O)Nc1c2c(cc3c1CCC3)CCC2. The summed E-state index contributed by atoms with van der Waals surface area (Å²) < 4.78 is 4.91. The molecule has 31 heavy (non-hydrogen) atoms. The first kappa shape index (κ1) is 21.1. The summed E-state index contributed by atoms with van der Waals surface area (Å²) in [4.78, 5) is 37.0. The average Bonchev–Trinajstić information content (AvgIpc) is 3.42. The van der Waals surface area contributed by atoms with E-state index in [0.717, 1.165) is 49.8 Å². The highest BCUT2D eigenvalue weighted by atomic mass is 16.5. The molecule has 2 aliphatic carbocycles. The monoisotopic (exact) mass is 420 g/mol. The van der Waals surface area contributed by atoms with Crippen molar-refractivity contribution in [2.75, 3.05) is 12.4 Å². The van der Waals surface area contributed by atoms with E-state index in [-0.39, 0.29) is 12.2 Å². The van der Waals surface area contributed by atoms with Gasteiger partial charge in [-0.2, -0.15) is 0 Å². The van der Waals surface area contributed by atoms with Crippen LogP contribution in [0.25, 0.3) is 0 Å². The molecule has 2 aromatic carbocycles. The van der Waals surface area contributed by atoms with Crippen LogP contribution in [0.4, 0.5) is 10.5 Å². The number of hydrogen-bond acceptors (Lipinski definition) is 4. The fraction of sp³-hybridized carbons (Fsp3) is 0.400. The van der Waals surface area contributed by atoms with Gasteiger partial charge in [0.15, 0.2) is 5.78 Å². The predicted octanol–water partition coefficient (Wildman–Crippen LogP) is 3.77. The number of nitrogens with one attached hydrogen (secondary N) is 2. The summed E-state index contributed by atoms with van der Waals surface area (Å²) in [5, 5.41) is 5.84. The fourth-order valence-corrected chi connectivity index (χ4v) is 4.76. The van der Waals surface area contributed by atoms with Crippen LogP contribution in [0.3, 0.4) is 0 Å². The molecule has 2 aliphatic rings. The van der Waals surface area contributed by atoms with Crippen LogP contribution in [-0.2, 0) is 41.6 Å². The summed E-state index contributed by atoms with van der Waals surface area (Å²) in [6, 6.07) is 8.14. The molecule has 0 heterocycles. The lowest BCUT2D eigenvalue weighted by atomic mass is 9.99. The normalized spacial score (nSPS) is 15.0. The van der Waals surface area contributed by atoms with Gasteiger partial charge < -0.3 is 15.4 Å². The van der Waals surface area contributed by atoms with Gasteiger partial charge in [0.25, 0.3) is 0 Å². The van der Waals surface area contributed by atoms with Crippen molar-refractivity contribution in [1.29, 1.82) is 0 Å². The number of hydrogen-bond donors (Lipinski definition) is 2. The Hall–Kier alpha value is -3.15. The molecule has 0 saturated carbocycles. The van der Waals surface area contributed by atoms with Gasteiger partial charge in [0, 0.05) is 17.7 Å². The van der Waals surface area contributed by atoms with Gasteiger partial charge in [0.2, 0.25) is 0 Å². The minimum Gasteiger partial charge on any atom is -0.467 e. The number of ketones is 1. The first-order valence-corrected chi connectivity index (χ1v) is 10.9. The lowest BCUT2D eigenvalue weighted by Crippen LogP contribution is -2.45. The summed E-state index contributed by atoms with van der Waals surface area (Å²) in [6.45, 7) is 1.50. The highest BCUT2D eigenvalue weighted by Gasteiger charge is 2.27. The third-order valence-electron chi connectivity index (χ3n) is 6.28. The van der Waals surface area contributed by atoms with Crippen molar-refractivity contribution in [2.45, 2.75) is 57.9 Å². The molecule has 0 spiro atoms. The van der Waals surface area contributed by atoms with E-state index in [4.69, 9.17) is 4.74 Å². The van der Waals surface area contributed by atoms with Gasteiger partial charge in [-0.15, -0.1) is 0 Å². The van der Waals surface area contributed by atoms with Crippen molar-refractivity contribution in [1.82, 2.24) is 5.32 Å². The average molecular weight is 421 g/mol. The number of carbonyl (C=O) groups is 3. The molecular weight excluding hydrogens is 392 g/mol. The lowest BCUT2D eigenvalue weighted by Gasteiger charge is -2.20. The van der Waals surface area contributed by atoms with Crippen molar-refractivity contribution in [3.8, 4) is 0 Å². The summed E-state index contributed by atoms with van der Waals surface area (Å²) in [6.07, 6.45) is 6.49. The van der Waals surface area contributed by atoms with Crippen LogP contribution in [-0.4, -0.2) is 30.9 Å². The number of Topliss-reactive ketones (excluding diaryl/α,β-unsaturated/α-hetero) is 1. The van der Waals surface area contributed by atoms with Gasteiger partial charge in [0.05, 0.1) is 7.11 Å². The maximum atomic E-state index is 12.9. The van der Waals surface area contributed by atoms with Gasteiger partial charge in [0.1, 0.15) is 6.04 Å². The zero-order valence-electron chi connectivity index (χ0n) is 18.0. The highest BCUT2D eigenvalue weighted by molar-refractivity contribution is 5.95. The molecule has 0 radical (unpaired) electrons. The zero-order valence-corrected chi connectivity index (χ0v) is 18.0. The number of fused-ring (bicyclic) bond motifs is 2.